The standard InChI is InChI=1S/C36H47F2N7O4/c1-21-25-11-10-22-17-27(45(32(22)41-25)14-9-7-6-8-13-36(2,3)35(47)40-21)33-42-26-16-23(18-29(48-5)31(26)43(33)4)34(46)44-15-12-28(24(39)19-44)49-20-30(37)38/h10-11,16-18,21,24,28,30H,6-9,12-15,19-20,39H2,1-5H3,(H,40,47)/t21-,24+,28-/m1/s1. The van der Waals surface area contributed by atoms with E-state index in [1.807, 2.05) is 44.5 Å². The Morgan fingerprint density at radius 3 is 2.63 bits per heavy atom. The Morgan fingerprint density at radius 1 is 1.12 bits per heavy atom. The molecule has 1 aromatic carbocycles. The van der Waals surface area contributed by atoms with E-state index in [1.54, 1.807) is 24.1 Å². The zero-order chi connectivity index (χ0) is 35.0. The summed E-state index contributed by atoms with van der Waals surface area (Å²) in [5.41, 5.74) is 10.1. The van der Waals surface area contributed by atoms with Crippen molar-refractivity contribution in [2.45, 2.75) is 90.5 Å². The van der Waals surface area contributed by atoms with E-state index < -0.39 is 30.6 Å². The average Bonchev–Trinajstić information content (AvgIpc) is 3.60. The molecule has 0 aliphatic carbocycles. The van der Waals surface area contributed by atoms with Gasteiger partial charge in [-0.25, -0.2) is 18.7 Å². The van der Waals surface area contributed by atoms with Gasteiger partial charge < -0.3 is 34.6 Å². The number of carbonyl (C=O) groups is 2. The number of aromatic nitrogens is 4. The lowest BCUT2D eigenvalue weighted by Gasteiger charge is -2.36. The third kappa shape index (κ3) is 7.00. The molecule has 2 amide bonds. The zero-order valence-corrected chi connectivity index (χ0v) is 29.0. The lowest BCUT2D eigenvalue weighted by Crippen LogP contribution is -2.54. The van der Waals surface area contributed by atoms with Crippen molar-refractivity contribution >= 4 is 33.9 Å². The summed E-state index contributed by atoms with van der Waals surface area (Å²) >= 11 is 0. The molecule has 1 fully saturated rings. The van der Waals surface area contributed by atoms with Crippen LogP contribution in [0.15, 0.2) is 30.3 Å². The second-order valence-corrected chi connectivity index (χ2v) is 14.1. The van der Waals surface area contributed by atoms with Crippen LogP contribution in [-0.2, 0) is 23.1 Å². The van der Waals surface area contributed by atoms with Gasteiger partial charge in [0.15, 0.2) is 5.82 Å². The molecule has 2 bridgehead atoms. The molecule has 3 atom stereocenters. The molecule has 0 saturated carbocycles. The Bertz CT molecular complexity index is 1850. The van der Waals surface area contributed by atoms with Gasteiger partial charge in [0.1, 0.15) is 23.5 Å². The number of fused-ring (bicyclic) bond motifs is 2. The van der Waals surface area contributed by atoms with Crippen LogP contribution in [-0.4, -0.2) is 81.2 Å². The summed E-state index contributed by atoms with van der Waals surface area (Å²) in [5, 5.41) is 4.15. The molecule has 2 aliphatic heterocycles. The van der Waals surface area contributed by atoms with Crippen LogP contribution >= 0.6 is 0 Å². The smallest absolute Gasteiger partial charge is 0.261 e. The number of benzene rings is 1. The first-order valence-corrected chi connectivity index (χ1v) is 17.2. The van der Waals surface area contributed by atoms with Crippen molar-refractivity contribution in [2.24, 2.45) is 18.2 Å². The normalized spacial score (nSPS) is 22.1. The number of nitrogens with one attached hydrogen (secondary N) is 1. The second-order valence-electron chi connectivity index (χ2n) is 14.1. The second kappa shape index (κ2) is 14.0. The number of nitrogens with zero attached hydrogens (tertiary/aromatic N) is 5. The molecule has 11 nitrogen and oxygen atoms in total. The Hall–Kier alpha value is -4.10. The number of pyridine rings is 1. The van der Waals surface area contributed by atoms with Crippen molar-refractivity contribution in [2.75, 3.05) is 26.8 Å². The van der Waals surface area contributed by atoms with E-state index in [2.05, 4.69) is 16.0 Å². The van der Waals surface area contributed by atoms with Crippen LogP contribution in [0.3, 0.4) is 0 Å². The largest absolute Gasteiger partial charge is 0.494 e. The van der Waals surface area contributed by atoms with E-state index >= 15 is 0 Å². The van der Waals surface area contributed by atoms with Gasteiger partial charge in [-0.2, -0.15) is 0 Å². The highest BCUT2D eigenvalue weighted by Crippen LogP contribution is 2.35. The minimum Gasteiger partial charge on any atom is -0.494 e. The Labute approximate surface area is 285 Å². The van der Waals surface area contributed by atoms with Crippen LogP contribution in [0.25, 0.3) is 33.6 Å². The van der Waals surface area contributed by atoms with Gasteiger partial charge in [0, 0.05) is 49.1 Å². The summed E-state index contributed by atoms with van der Waals surface area (Å²) in [7, 11) is 3.50. The zero-order valence-electron chi connectivity index (χ0n) is 29.0. The fourth-order valence-corrected chi connectivity index (χ4v) is 7.11. The number of halogens is 2. The molecule has 0 unspecified atom stereocenters. The predicted octanol–water partition coefficient (Wildman–Crippen LogP) is 5.59. The third-order valence-electron chi connectivity index (χ3n) is 10.1. The summed E-state index contributed by atoms with van der Waals surface area (Å²) < 4.78 is 40.6. The van der Waals surface area contributed by atoms with Gasteiger partial charge in [-0.1, -0.05) is 33.1 Å². The van der Waals surface area contributed by atoms with Crippen molar-refractivity contribution in [3.8, 4) is 17.3 Å². The Morgan fingerprint density at radius 2 is 1.90 bits per heavy atom. The number of ether oxygens (including phenoxy) is 2. The first kappa shape index (κ1) is 34.8. The number of nitrogens with two attached hydrogens (primary N) is 1. The maximum absolute atomic E-state index is 13.7. The average molecular weight is 680 g/mol. The number of amides is 2. The quantitative estimate of drug-likeness (QED) is 0.272. The van der Waals surface area contributed by atoms with E-state index in [4.69, 9.17) is 25.2 Å². The summed E-state index contributed by atoms with van der Waals surface area (Å²) in [6.45, 7) is 6.59. The number of rotatable bonds is 6. The molecule has 49 heavy (non-hydrogen) atoms. The third-order valence-corrected chi connectivity index (χ3v) is 10.1. The Balaban J connectivity index is 1.35. The first-order valence-electron chi connectivity index (χ1n) is 17.2. The molecule has 264 valence electrons. The predicted molar refractivity (Wildman–Crippen MR) is 184 cm³/mol. The molecule has 3 N–H and O–H groups in total. The van der Waals surface area contributed by atoms with E-state index in [0.29, 0.717) is 35.6 Å². The maximum Gasteiger partial charge on any atom is 0.261 e. The van der Waals surface area contributed by atoms with Crippen LogP contribution in [0.4, 0.5) is 8.78 Å². The molecular weight excluding hydrogens is 632 g/mol. The van der Waals surface area contributed by atoms with Crippen LogP contribution in [0, 0.1) is 5.41 Å². The number of aryl methyl sites for hydroxylation is 2. The highest BCUT2D eigenvalue weighted by atomic mass is 19.3. The molecule has 4 aromatic rings. The van der Waals surface area contributed by atoms with Gasteiger partial charge in [0.2, 0.25) is 5.91 Å². The van der Waals surface area contributed by atoms with Gasteiger partial charge in [0.05, 0.1) is 36.2 Å². The summed E-state index contributed by atoms with van der Waals surface area (Å²) in [6, 6.07) is 8.76. The van der Waals surface area contributed by atoms with Gasteiger partial charge in [-0.15, -0.1) is 0 Å². The monoisotopic (exact) mass is 679 g/mol. The van der Waals surface area contributed by atoms with Crippen LogP contribution < -0.4 is 15.8 Å². The van der Waals surface area contributed by atoms with Crippen LogP contribution in [0.2, 0.25) is 0 Å². The molecule has 3 aromatic heterocycles. The van der Waals surface area contributed by atoms with Crippen LogP contribution in [0.1, 0.15) is 81.4 Å². The highest BCUT2D eigenvalue weighted by molar-refractivity contribution is 6.00. The SMILES string of the molecule is COc1cc(C(=O)N2CC[C@@H](OCC(F)F)[C@@H](N)C2)cc2nc(-c3cc4ccc5nc4n3CCCCCCC(C)(C)C(=O)N[C@@H]5C)n(C)c12. The number of carbonyl (C=O) groups excluding carboxylic acids is 2. The molecule has 6 rings (SSSR count). The van der Waals surface area contributed by atoms with E-state index in [0.717, 1.165) is 66.6 Å². The van der Waals surface area contributed by atoms with Crippen molar-refractivity contribution < 1.29 is 27.8 Å². The minimum absolute atomic E-state index is 0.0349. The highest BCUT2D eigenvalue weighted by Gasteiger charge is 2.32. The number of hydrogen-bond donors (Lipinski definition) is 2. The first-order chi connectivity index (χ1) is 23.4. The van der Waals surface area contributed by atoms with E-state index in [1.165, 1.54) is 0 Å². The fourth-order valence-electron chi connectivity index (χ4n) is 7.11. The topological polar surface area (TPSA) is 130 Å². The molecule has 2 aliphatic rings. The molecule has 13 heteroatoms. The number of imidazole rings is 1. The number of hydrogen-bond acceptors (Lipinski definition) is 7. The van der Waals surface area contributed by atoms with E-state index in [9.17, 15) is 18.4 Å². The molecule has 0 spiro atoms. The fraction of sp³-hybridized carbons (Fsp3) is 0.556. The van der Waals surface area contributed by atoms with Crippen molar-refractivity contribution in [3.63, 3.8) is 0 Å². The Kier molecular flexibility index (Phi) is 9.95. The van der Waals surface area contributed by atoms with Gasteiger partial charge in [-0.3, -0.25) is 9.59 Å². The lowest BCUT2D eigenvalue weighted by atomic mass is 9.85. The van der Waals surface area contributed by atoms with Crippen molar-refractivity contribution in [1.82, 2.24) is 29.3 Å². The van der Waals surface area contributed by atoms with Gasteiger partial charge in [0.25, 0.3) is 12.3 Å². The number of alkyl halides is 2. The minimum atomic E-state index is -2.57. The number of likely N-dealkylation sites (tertiary alicyclic amines) is 1. The molecule has 1 saturated heterocycles. The lowest BCUT2D eigenvalue weighted by molar-refractivity contribution is -0.130. The summed E-state index contributed by atoms with van der Waals surface area (Å²) in [5.74, 6) is 1.01. The summed E-state index contributed by atoms with van der Waals surface area (Å²) in [6.07, 6.45) is 2.08. The van der Waals surface area contributed by atoms with Gasteiger partial charge in [-0.05, 0) is 56.5 Å². The summed E-state index contributed by atoms with van der Waals surface area (Å²) in [4.78, 5) is 38.6. The van der Waals surface area contributed by atoms with Crippen molar-refractivity contribution in [1.29, 1.82) is 0 Å². The van der Waals surface area contributed by atoms with Crippen LogP contribution in [0.5, 0.6) is 5.75 Å². The van der Waals surface area contributed by atoms with Crippen molar-refractivity contribution in [3.05, 3.63) is 41.6 Å². The molecule has 5 heterocycles. The van der Waals surface area contributed by atoms with Gasteiger partial charge >= 0.3 is 0 Å². The van der Waals surface area contributed by atoms with E-state index in [-0.39, 0.29) is 24.4 Å². The number of piperidine rings is 1. The number of methoxy groups -OCH3 is 1. The molecule has 0 radical (unpaired) electrons. The maximum atomic E-state index is 13.7. The molecular formula is C36H47F2N7O4.